The number of hydrogen-bond acceptors (Lipinski definition) is 6. The number of rotatable bonds is 6. The number of carbonyl (C=O) groups excluding carboxylic acids is 2. The summed E-state index contributed by atoms with van der Waals surface area (Å²) >= 11 is 1.15. The van der Waals surface area contributed by atoms with Gasteiger partial charge in [-0.15, -0.1) is 11.3 Å². The maximum absolute atomic E-state index is 13.1. The molecule has 1 unspecified atom stereocenters. The van der Waals surface area contributed by atoms with Gasteiger partial charge in [0.25, 0.3) is 6.43 Å². The number of hydrogen-bond donors (Lipinski definition) is 3. The van der Waals surface area contributed by atoms with Crippen LogP contribution in [0.25, 0.3) is 10.4 Å². The van der Waals surface area contributed by atoms with Crippen molar-refractivity contribution in [2.75, 3.05) is 6.54 Å². The standard InChI is InChI=1S/C23H30F2N4O3S/c1-12(13-5-7-14(8-6-13)18-17(20(24)25)27-11-33-18)28-21(31)16-9-15(30)10-29(16)22(32)19(26)23(2,3)4/h5-8,11-12,15-16,19-20,30H,9-10,26H2,1-4H3,(H,28,31)/t12-,15+,16-,19?/m0/s1. The average Bonchev–Trinajstić information content (AvgIpc) is 3.39. The van der Waals surface area contributed by atoms with Crippen molar-refractivity contribution in [2.45, 2.75) is 64.8 Å². The minimum Gasteiger partial charge on any atom is -0.391 e. The van der Waals surface area contributed by atoms with Gasteiger partial charge in [-0.1, -0.05) is 45.0 Å². The van der Waals surface area contributed by atoms with Gasteiger partial charge in [0.05, 0.1) is 28.6 Å². The molecule has 0 aliphatic carbocycles. The minimum atomic E-state index is -2.65. The summed E-state index contributed by atoms with van der Waals surface area (Å²) in [7, 11) is 0. The molecule has 0 spiro atoms. The van der Waals surface area contributed by atoms with Gasteiger partial charge in [0, 0.05) is 13.0 Å². The third kappa shape index (κ3) is 5.56. The van der Waals surface area contributed by atoms with E-state index in [2.05, 4.69) is 10.3 Å². The molecule has 180 valence electrons. The van der Waals surface area contributed by atoms with E-state index in [0.717, 1.165) is 16.9 Å². The minimum absolute atomic E-state index is 0.0606. The van der Waals surface area contributed by atoms with E-state index < -0.39 is 36.1 Å². The Bertz CT molecular complexity index is 990. The van der Waals surface area contributed by atoms with Gasteiger partial charge in [-0.3, -0.25) is 9.59 Å². The number of nitrogens with zero attached hydrogens (tertiary/aromatic N) is 2. The fourth-order valence-electron chi connectivity index (χ4n) is 3.80. The van der Waals surface area contributed by atoms with Crippen molar-refractivity contribution in [3.05, 3.63) is 41.0 Å². The van der Waals surface area contributed by atoms with Crippen LogP contribution < -0.4 is 11.1 Å². The highest BCUT2D eigenvalue weighted by molar-refractivity contribution is 7.13. The first-order valence-electron chi connectivity index (χ1n) is 10.8. The quantitative estimate of drug-likeness (QED) is 0.588. The third-order valence-electron chi connectivity index (χ3n) is 5.90. The number of aromatic nitrogens is 1. The summed E-state index contributed by atoms with van der Waals surface area (Å²) in [5.41, 5.74) is 8.17. The number of halogens is 2. The smallest absolute Gasteiger partial charge is 0.281 e. The molecule has 2 amide bonds. The molecule has 4 N–H and O–H groups in total. The lowest BCUT2D eigenvalue weighted by molar-refractivity contribution is -0.141. The van der Waals surface area contributed by atoms with E-state index in [1.807, 2.05) is 20.8 Å². The summed E-state index contributed by atoms with van der Waals surface area (Å²) in [6.07, 6.45) is -3.31. The Balaban J connectivity index is 1.70. The van der Waals surface area contributed by atoms with Gasteiger partial charge in [-0.25, -0.2) is 13.8 Å². The van der Waals surface area contributed by atoms with Crippen molar-refractivity contribution in [2.24, 2.45) is 11.1 Å². The Kier molecular flexibility index (Phi) is 7.50. The second-order valence-corrected chi connectivity index (χ2v) is 10.3. The normalized spacial score (nSPS) is 20.7. The lowest BCUT2D eigenvalue weighted by atomic mass is 9.86. The van der Waals surface area contributed by atoms with Gasteiger partial charge in [-0.2, -0.15) is 0 Å². The molecule has 10 heteroatoms. The molecule has 0 saturated carbocycles. The highest BCUT2D eigenvalue weighted by atomic mass is 32.1. The maximum Gasteiger partial charge on any atom is 0.281 e. The lowest BCUT2D eigenvalue weighted by Crippen LogP contribution is -2.55. The fourth-order valence-corrected chi connectivity index (χ4v) is 4.60. The van der Waals surface area contributed by atoms with E-state index in [1.54, 1.807) is 31.2 Å². The van der Waals surface area contributed by atoms with Gasteiger partial charge in [0.1, 0.15) is 11.7 Å². The zero-order chi connectivity index (χ0) is 24.5. The molecule has 1 aromatic carbocycles. The molecule has 1 aromatic heterocycles. The van der Waals surface area contributed by atoms with Crippen LogP contribution in [0.4, 0.5) is 8.78 Å². The highest BCUT2D eigenvalue weighted by Crippen LogP contribution is 2.34. The monoisotopic (exact) mass is 480 g/mol. The maximum atomic E-state index is 13.1. The predicted octanol–water partition coefficient (Wildman–Crippen LogP) is 3.26. The molecule has 1 saturated heterocycles. The van der Waals surface area contributed by atoms with Gasteiger partial charge >= 0.3 is 0 Å². The van der Waals surface area contributed by atoms with Crippen LogP contribution in [0, 0.1) is 5.41 Å². The topological polar surface area (TPSA) is 109 Å². The largest absolute Gasteiger partial charge is 0.391 e. The molecule has 0 bridgehead atoms. The van der Waals surface area contributed by atoms with E-state index in [4.69, 9.17) is 5.73 Å². The molecule has 4 atom stereocenters. The summed E-state index contributed by atoms with van der Waals surface area (Å²) in [4.78, 5) is 31.4. The number of alkyl halides is 2. The second kappa shape index (κ2) is 9.82. The molecule has 0 radical (unpaired) electrons. The molecule has 1 fully saturated rings. The number of amides is 2. The predicted molar refractivity (Wildman–Crippen MR) is 123 cm³/mol. The molecule has 2 heterocycles. The Morgan fingerprint density at radius 2 is 1.91 bits per heavy atom. The first kappa shape index (κ1) is 25.2. The fraction of sp³-hybridized carbons (Fsp3) is 0.522. The Labute approximate surface area is 196 Å². The number of nitrogens with one attached hydrogen (secondary N) is 1. The number of nitrogens with two attached hydrogens (primary N) is 1. The molecule has 2 aromatic rings. The Morgan fingerprint density at radius 3 is 2.48 bits per heavy atom. The van der Waals surface area contributed by atoms with Crippen molar-refractivity contribution in [3.8, 4) is 10.4 Å². The van der Waals surface area contributed by atoms with Gasteiger partial charge in [0.15, 0.2) is 0 Å². The summed E-state index contributed by atoms with van der Waals surface area (Å²) < 4.78 is 26.2. The summed E-state index contributed by atoms with van der Waals surface area (Å²) in [5.74, 6) is -0.740. The van der Waals surface area contributed by atoms with E-state index in [0.29, 0.717) is 10.4 Å². The van der Waals surface area contributed by atoms with Crippen LogP contribution in [0.3, 0.4) is 0 Å². The lowest BCUT2D eigenvalue weighted by Gasteiger charge is -2.32. The van der Waals surface area contributed by atoms with Crippen LogP contribution in [0.15, 0.2) is 29.8 Å². The molecule has 1 aliphatic rings. The van der Waals surface area contributed by atoms with Crippen LogP contribution in [-0.4, -0.2) is 51.5 Å². The summed E-state index contributed by atoms with van der Waals surface area (Å²) in [6.45, 7) is 7.39. The van der Waals surface area contributed by atoms with Crippen molar-refractivity contribution in [1.29, 1.82) is 0 Å². The molecule has 3 rings (SSSR count). The Morgan fingerprint density at radius 1 is 1.27 bits per heavy atom. The van der Waals surface area contributed by atoms with Gasteiger partial charge in [0.2, 0.25) is 11.8 Å². The number of aliphatic hydroxyl groups is 1. The SMILES string of the molecule is C[C@H](NC(=O)[C@@H]1C[C@@H](O)CN1C(=O)C(N)C(C)(C)C)c1ccc(-c2scnc2C(F)F)cc1. The number of aliphatic hydroxyl groups excluding tert-OH is 1. The first-order valence-corrected chi connectivity index (χ1v) is 11.6. The molecular formula is C23H30F2N4O3S. The van der Waals surface area contributed by atoms with E-state index >= 15 is 0 Å². The van der Waals surface area contributed by atoms with Gasteiger partial charge < -0.3 is 21.1 Å². The number of benzene rings is 1. The van der Waals surface area contributed by atoms with Crippen molar-refractivity contribution < 1.29 is 23.5 Å². The number of carbonyl (C=O) groups is 2. The van der Waals surface area contributed by atoms with Gasteiger partial charge in [-0.05, 0) is 23.5 Å². The van der Waals surface area contributed by atoms with Crippen molar-refractivity contribution in [1.82, 2.24) is 15.2 Å². The first-order chi connectivity index (χ1) is 15.4. The van der Waals surface area contributed by atoms with Crippen molar-refractivity contribution >= 4 is 23.2 Å². The van der Waals surface area contributed by atoms with Crippen LogP contribution in [0.1, 0.15) is 57.8 Å². The zero-order valence-electron chi connectivity index (χ0n) is 19.1. The van der Waals surface area contributed by atoms with Crippen LogP contribution in [0.2, 0.25) is 0 Å². The molecule has 1 aliphatic heterocycles. The van der Waals surface area contributed by atoms with Crippen LogP contribution >= 0.6 is 11.3 Å². The molecule has 33 heavy (non-hydrogen) atoms. The number of likely N-dealkylation sites (tertiary alicyclic amines) is 1. The molecule has 7 nitrogen and oxygen atoms in total. The Hall–Kier alpha value is -2.43. The van der Waals surface area contributed by atoms with Crippen molar-refractivity contribution in [3.63, 3.8) is 0 Å². The number of β-amino-alcohol motifs (C(OH)–C–C–N with tert-alkyl or cyclic N) is 1. The van der Waals surface area contributed by atoms with Crippen LogP contribution in [0.5, 0.6) is 0 Å². The summed E-state index contributed by atoms with van der Waals surface area (Å²) in [6, 6.07) is 4.95. The summed E-state index contributed by atoms with van der Waals surface area (Å²) in [5, 5.41) is 13.0. The van der Waals surface area contributed by atoms with E-state index in [9.17, 15) is 23.5 Å². The third-order valence-corrected chi connectivity index (χ3v) is 6.79. The number of thiazole rings is 1. The van der Waals surface area contributed by atoms with E-state index in [1.165, 1.54) is 10.4 Å². The van der Waals surface area contributed by atoms with Crippen LogP contribution in [-0.2, 0) is 9.59 Å². The van der Waals surface area contributed by atoms with E-state index in [-0.39, 0.29) is 30.5 Å². The molecular weight excluding hydrogens is 450 g/mol. The zero-order valence-corrected chi connectivity index (χ0v) is 19.9. The average molecular weight is 481 g/mol. The second-order valence-electron chi connectivity index (χ2n) is 9.46. The highest BCUT2D eigenvalue weighted by Gasteiger charge is 2.42.